The smallest absolute Gasteiger partial charge is 0.233 e. The van der Waals surface area contributed by atoms with Gasteiger partial charge in [0.1, 0.15) is 10.0 Å². The van der Waals surface area contributed by atoms with E-state index in [-0.39, 0.29) is 0 Å². The van der Waals surface area contributed by atoms with Crippen molar-refractivity contribution in [3.8, 4) is 11.5 Å². The molecule has 3 aromatic heterocycles. The van der Waals surface area contributed by atoms with Gasteiger partial charge in [0, 0.05) is 17.3 Å². The summed E-state index contributed by atoms with van der Waals surface area (Å²) < 4.78 is 6.40. The first kappa shape index (κ1) is 17.9. The molecule has 0 bridgehead atoms. The number of hydrogen-bond donors (Lipinski definition) is 0. The van der Waals surface area contributed by atoms with Crippen LogP contribution < -0.4 is 0 Å². The molecule has 0 aliphatic heterocycles. The van der Waals surface area contributed by atoms with E-state index in [1.54, 1.807) is 29.3 Å². The number of thioether (sulfide) groups is 1. The van der Waals surface area contributed by atoms with Crippen LogP contribution >= 0.6 is 23.1 Å². The van der Waals surface area contributed by atoms with Gasteiger partial charge in [-0.2, -0.15) is 4.98 Å². The average molecular weight is 395 g/mol. The van der Waals surface area contributed by atoms with Crippen molar-refractivity contribution in [2.45, 2.75) is 30.4 Å². The number of aryl methyl sites for hydroxylation is 2. The maximum absolute atomic E-state index is 5.35. The highest BCUT2D eigenvalue weighted by Gasteiger charge is 2.12. The molecule has 0 spiro atoms. The fraction of sp³-hybridized carbons (Fsp3) is 0.200. The number of rotatable bonds is 6. The Morgan fingerprint density at radius 2 is 2.04 bits per heavy atom. The molecule has 0 aliphatic rings. The quantitative estimate of drug-likeness (QED) is 0.425. The number of hydrogen-bond acceptors (Lipinski definition) is 7. The van der Waals surface area contributed by atoms with Gasteiger partial charge in [-0.25, -0.2) is 4.98 Å². The van der Waals surface area contributed by atoms with E-state index in [1.165, 1.54) is 16.7 Å². The molecule has 5 nitrogen and oxygen atoms in total. The molecule has 0 saturated carbocycles. The van der Waals surface area contributed by atoms with Crippen LogP contribution in [0.1, 0.15) is 28.3 Å². The Balaban J connectivity index is 1.40. The number of thiazole rings is 1. The third-order valence-corrected chi connectivity index (χ3v) is 6.20. The van der Waals surface area contributed by atoms with E-state index in [1.807, 2.05) is 18.2 Å². The van der Waals surface area contributed by atoms with Crippen LogP contribution in [-0.4, -0.2) is 20.1 Å². The van der Waals surface area contributed by atoms with E-state index in [9.17, 15) is 0 Å². The Morgan fingerprint density at radius 3 is 2.89 bits per heavy atom. The molecule has 0 unspecified atom stereocenters. The van der Waals surface area contributed by atoms with Gasteiger partial charge in [-0.05, 0) is 37.1 Å². The van der Waals surface area contributed by atoms with E-state index < -0.39 is 0 Å². The van der Waals surface area contributed by atoms with Crippen molar-refractivity contribution in [1.82, 2.24) is 20.1 Å². The Morgan fingerprint density at radius 1 is 1.11 bits per heavy atom. The van der Waals surface area contributed by atoms with E-state index in [0.717, 1.165) is 15.8 Å². The normalized spacial score (nSPS) is 11.0. The second kappa shape index (κ2) is 8.02. The highest BCUT2D eigenvalue weighted by Crippen LogP contribution is 2.28. The molecule has 7 heteroatoms. The second-order valence-corrected chi connectivity index (χ2v) is 8.31. The Kier molecular flexibility index (Phi) is 5.31. The molecule has 1 aromatic carbocycles. The van der Waals surface area contributed by atoms with Crippen molar-refractivity contribution in [2.75, 3.05) is 0 Å². The fourth-order valence-corrected chi connectivity index (χ4v) is 4.52. The summed E-state index contributed by atoms with van der Waals surface area (Å²) in [6, 6.07) is 12.2. The number of benzene rings is 1. The third-order valence-electron chi connectivity index (χ3n) is 4.08. The topological polar surface area (TPSA) is 64.7 Å². The Bertz CT molecular complexity index is 1040. The van der Waals surface area contributed by atoms with Crippen LogP contribution in [0.3, 0.4) is 0 Å². The zero-order valence-corrected chi connectivity index (χ0v) is 16.7. The van der Waals surface area contributed by atoms with Crippen LogP contribution in [0.25, 0.3) is 11.5 Å². The van der Waals surface area contributed by atoms with E-state index in [4.69, 9.17) is 9.51 Å². The summed E-state index contributed by atoms with van der Waals surface area (Å²) in [6.07, 6.45) is 2.24. The van der Waals surface area contributed by atoms with Crippen molar-refractivity contribution in [1.29, 1.82) is 0 Å². The maximum atomic E-state index is 5.35. The fourth-order valence-electron chi connectivity index (χ4n) is 2.61. The first-order valence-electron chi connectivity index (χ1n) is 8.55. The molecule has 4 rings (SSSR count). The summed E-state index contributed by atoms with van der Waals surface area (Å²) in [7, 11) is 0. The van der Waals surface area contributed by atoms with Crippen molar-refractivity contribution < 1.29 is 4.52 Å². The minimum absolute atomic E-state index is 0.505. The summed E-state index contributed by atoms with van der Waals surface area (Å²) in [5, 5.41) is 6.06. The molecule has 0 fully saturated rings. The highest BCUT2D eigenvalue weighted by molar-refractivity contribution is 8.00. The van der Waals surface area contributed by atoms with Gasteiger partial charge in [0.05, 0.1) is 12.1 Å². The predicted molar refractivity (Wildman–Crippen MR) is 108 cm³/mol. The lowest BCUT2D eigenvalue weighted by Gasteiger charge is -2.05. The average Bonchev–Trinajstić information content (AvgIpc) is 3.33. The van der Waals surface area contributed by atoms with Crippen LogP contribution in [0.5, 0.6) is 0 Å². The van der Waals surface area contributed by atoms with E-state index >= 15 is 0 Å². The monoisotopic (exact) mass is 394 g/mol. The maximum Gasteiger partial charge on any atom is 0.233 e. The molecule has 0 aliphatic carbocycles. The molecular weight excluding hydrogens is 376 g/mol. The van der Waals surface area contributed by atoms with Crippen molar-refractivity contribution in [2.24, 2.45) is 0 Å². The highest BCUT2D eigenvalue weighted by atomic mass is 32.2. The van der Waals surface area contributed by atoms with Crippen molar-refractivity contribution in [3.63, 3.8) is 0 Å². The van der Waals surface area contributed by atoms with Crippen molar-refractivity contribution >= 4 is 23.1 Å². The molecule has 136 valence electrons. The molecule has 0 atom stereocenters. The summed E-state index contributed by atoms with van der Waals surface area (Å²) >= 11 is 3.41. The minimum atomic E-state index is 0.505. The first-order chi connectivity index (χ1) is 13.2. The minimum Gasteiger partial charge on any atom is -0.338 e. The summed E-state index contributed by atoms with van der Waals surface area (Å²) in [5.41, 5.74) is 5.61. The van der Waals surface area contributed by atoms with Crippen molar-refractivity contribution in [3.05, 3.63) is 76.3 Å². The zero-order valence-electron chi connectivity index (χ0n) is 15.0. The lowest BCUT2D eigenvalue weighted by molar-refractivity contribution is 0.385. The van der Waals surface area contributed by atoms with Gasteiger partial charge in [-0.1, -0.05) is 46.7 Å². The van der Waals surface area contributed by atoms with E-state index in [0.29, 0.717) is 23.8 Å². The first-order valence-corrected chi connectivity index (χ1v) is 10.4. The molecule has 0 N–H and O–H groups in total. The molecule has 3 heterocycles. The Labute approximate surface area is 165 Å². The van der Waals surface area contributed by atoms with Gasteiger partial charge in [0.2, 0.25) is 11.7 Å². The number of pyridine rings is 1. The van der Waals surface area contributed by atoms with Gasteiger partial charge in [0.25, 0.3) is 0 Å². The SMILES string of the molecule is Cc1ccc(C)c(CSc2nc(Cc3nc(-c4ccccn4)no3)cs2)c1. The van der Waals surface area contributed by atoms with Crippen LogP contribution in [0.2, 0.25) is 0 Å². The molecule has 27 heavy (non-hydrogen) atoms. The number of aromatic nitrogens is 4. The van der Waals surface area contributed by atoms with Gasteiger partial charge in [0.15, 0.2) is 0 Å². The van der Waals surface area contributed by atoms with Crippen LogP contribution in [0, 0.1) is 13.8 Å². The lowest BCUT2D eigenvalue weighted by Crippen LogP contribution is -1.90. The number of nitrogens with zero attached hydrogens (tertiary/aromatic N) is 4. The molecule has 4 aromatic rings. The summed E-state index contributed by atoms with van der Waals surface area (Å²) in [5.74, 6) is 1.97. The van der Waals surface area contributed by atoms with Gasteiger partial charge in [-0.3, -0.25) is 4.98 Å². The van der Waals surface area contributed by atoms with Crippen LogP contribution in [-0.2, 0) is 12.2 Å². The van der Waals surface area contributed by atoms with E-state index in [2.05, 4.69) is 52.6 Å². The Hall–Kier alpha value is -2.51. The zero-order chi connectivity index (χ0) is 18.6. The van der Waals surface area contributed by atoms with Gasteiger partial charge < -0.3 is 4.52 Å². The molecular formula is C20H18N4OS2. The lowest BCUT2D eigenvalue weighted by atomic mass is 10.1. The van der Waals surface area contributed by atoms with Crippen LogP contribution in [0.15, 0.2) is 56.8 Å². The second-order valence-electron chi connectivity index (χ2n) is 6.23. The van der Waals surface area contributed by atoms with Crippen LogP contribution in [0.4, 0.5) is 0 Å². The summed E-state index contributed by atoms with van der Waals surface area (Å²) in [6.45, 7) is 4.27. The van der Waals surface area contributed by atoms with Gasteiger partial charge >= 0.3 is 0 Å². The standard InChI is InChI=1S/C20H18N4OS2/c1-13-6-7-14(2)15(9-13)11-26-20-22-16(12-27-20)10-18-23-19(24-25-18)17-5-3-4-8-21-17/h3-9,12H,10-11H2,1-2H3. The predicted octanol–water partition coefficient (Wildman–Crippen LogP) is 5.09. The largest absolute Gasteiger partial charge is 0.338 e. The molecule has 0 saturated heterocycles. The third kappa shape index (κ3) is 4.43. The summed E-state index contributed by atoms with van der Waals surface area (Å²) in [4.78, 5) is 13.3. The molecule has 0 radical (unpaired) electrons. The molecule has 0 amide bonds. The van der Waals surface area contributed by atoms with Gasteiger partial charge in [-0.15, -0.1) is 11.3 Å².